The van der Waals surface area contributed by atoms with Gasteiger partial charge in [0.2, 0.25) is 0 Å². The molecule has 5 heteroatoms. The summed E-state index contributed by atoms with van der Waals surface area (Å²) in [4.78, 5) is 19.2. The summed E-state index contributed by atoms with van der Waals surface area (Å²) in [5, 5.41) is 2.98. The lowest BCUT2D eigenvalue weighted by atomic mass is 10.1. The van der Waals surface area contributed by atoms with E-state index in [-0.39, 0.29) is 5.91 Å². The minimum Gasteiger partial charge on any atom is -0.455 e. The number of carbonyl (C=O) groups is 1. The van der Waals surface area contributed by atoms with Gasteiger partial charge in [-0.05, 0) is 68.3 Å². The van der Waals surface area contributed by atoms with Crippen LogP contribution >= 0.6 is 0 Å². The van der Waals surface area contributed by atoms with Crippen LogP contribution in [0.4, 0.5) is 11.4 Å². The average molecular weight is 373 g/mol. The zero-order valence-electron chi connectivity index (χ0n) is 15.9. The molecule has 28 heavy (non-hydrogen) atoms. The standard InChI is InChI=1S/C23H23N3O2/c1-17-21(7-4-8-22(17)28-20-6-5-13-24-16-20)23(27)25-18-9-11-19(12-10-18)26-14-2-3-15-26/h4-13,16H,2-3,14-15H2,1H3,(H,25,27). The molecule has 0 atom stereocenters. The minimum atomic E-state index is -0.150. The molecule has 1 amide bonds. The Morgan fingerprint density at radius 2 is 1.82 bits per heavy atom. The maximum Gasteiger partial charge on any atom is 0.256 e. The summed E-state index contributed by atoms with van der Waals surface area (Å²) in [6.45, 7) is 4.10. The molecule has 2 heterocycles. The number of benzene rings is 2. The number of hydrogen-bond acceptors (Lipinski definition) is 4. The second-order valence-electron chi connectivity index (χ2n) is 6.91. The quantitative estimate of drug-likeness (QED) is 0.681. The highest BCUT2D eigenvalue weighted by Gasteiger charge is 2.15. The van der Waals surface area contributed by atoms with Crippen molar-refractivity contribution in [3.8, 4) is 11.5 Å². The number of hydrogen-bond donors (Lipinski definition) is 1. The predicted octanol–water partition coefficient (Wildman–Crippen LogP) is 5.03. The Kier molecular flexibility index (Phi) is 5.24. The summed E-state index contributed by atoms with van der Waals surface area (Å²) in [6.07, 6.45) is 5.83. The van der Waals surface area contributed by atoms with E-state index in [9.17, 15) is 4.79 Å². The summed E-state index contributed by atoms with van der Waals surface area (Å²) < 4.78 is 5.87. The molecule has 2 aromatic carbocycles. The van der Waals surface area contributed by atoms with Crippen LogP contribution in [-0.4, -0.2) is 24.0 Å². The Morgan fingerprint density at radius 3 is 2.54 bits per heavy atom. The zero-order chi connectivity index (χ0) is 19.3. The Balaban J connectivity index is 1.48. The Morgan fingerprint density at radius 1 is 1.04 bits per heavy atom. The first-order chi connectivity index (χ1) is 13.7. The molecule has 1 saturated heterocycles. The molecule has 1 aliphatic rings. The van der Waals surface area contributed by atoms with Crippen molar-refractivity contribution in [2.24, 2.45) is 0 Å². The van der Waals surface area contributed by atoms with Crippen LogP contribution in [0.25, 0.3) is 0 Å². The number of carbonyl (C=O) groups excluding carboxylic acids is 1. The minimum absolute atomic E-state index is 0.150. The highest BCUT2D eigenvalue weighted by atomic mass is 16.5. The molecule has 1 fully saturated rings. The van der Waals surface area contributed by atoms with E-state index in [2.05, 4.69) is 27.3 Å². The third kappa shape index (κ3) is 3.98. The number of amides is 1. The molecule has 1 N–H and O–H groups in total. The Bertz CT molecular complexity index is 949. The van der Waals surface area contributed by atoms with Crippen molar-refractivity contribution >= 4 is 17.3 Å². The van der Waals surface area contributed by atoms with Crippen molar-refractivity contribution in [1.82, 2.24) is 4.98 Å². The second-order valence-corrected chi connectivity index (χ2v) is 6.91. The highest BCUT2D eigenvalue weighted by molar-refractivity contribution is 6.05. The van der Waals surface area contributed by atoms with Gasteiger partial charge in [-0.15, -0.1) is 0 Å². The molecule has 0 saturated carbocycles. The molecule has 0 radical (unpaired) electrons. The van der Waals surface area contributed by atoms with Crippen molar-refractivity contribution in [2.75, 3.05) is 23.3 Å². The van der Waals surface area contributed by atoms with E-state index in [4.69, 9.17) is 4.74 Å². The summed E-state index contributed by atoms with van der Waals surface area (Å²) >= 11 is 0. The van der Waals surface area contributed by atoms with Crippen molar-refractivity contribution in [2.45, 2.75) is 19.8 Å². The van der Waals surface area contributed by atoms with Crippen LogP contribution in [0.1, 0.15) is 28.8 Å². The van der Waals surface area contributed by atoms with Gasteiger partial charge in [-0.3, -0.25) is 9.78 Å². The summed E-state index contributed by atoms with van der Waals surface area (Å²) in [5.74, 6) is 1.13. The van der Waals surface area contributed by atoms with Crippen molar-refractivity contribution in [3.63, 3.8) is 0 Å². The number of ether oxygens (including phenoxy) is 1. The van der Waals surface area contributed by atoms with Crippen molar-refractivity contribution < 1.29 is 9.53 Å². The lowest BCUT2D eigenvalue weighted by molar-refractivity contribution is 0.102. The van der Waals surface area contributed by atoms with Crippen LogP contribution < -0.4 is 15.0 Å². The van der Waals surface area contributed by atoms with Crippen molar-refractivity contribution in [1.29, 1.82) is 0 Å². The van der Waals surface area contributed by atoms with Gasteiger partial charge < -0.3 is 15.0 Å². The van der Waals surface area contributed by atoms with Crippen LogP contribution in [-0.2, 0) is 0 Å². The number of aromatic nitrogens is 1. The summed E-state index contributed by atoms with van der Waals surface area (Å²) in [7, 11) is 0. The van der Waals surface area contributed by atoms with Gasteiger partial charge in [0, 0.05) is 41.8 Å². The summed E-state index contributed by atoms with van der Waals surface area (Å²) in [6, 6.07) is 17.2. The van der Waals surface area contributed by atoms with Gasteiger partial charge in [0.1, 0.15) is 11.5 Å². The predicted molar refractivity (Wildman–Crippen MR) is 111 cm³/mol. The van der Waals surface area contributed by atoms with Gasteiger partial charge in [-0.1, -0.05) is 6.07 Å². The van der Waals surface area contributed by atoms with Gasteiger partial charge in [0.15, 0.2) is 0 Å². The van der Waals surface area contributed by atoms with Crippen LogP contribution in [0.3, 0.4) is 0 Å². The molecule has 5 nitrogen and oxygen atoms in total. The largest absolute Gasteiger partial charge is 0.455 e. The van der Waals surface area contributed by atoms with Crippen molar-refractivity contribution in [3.05, 3.63) is 78.1 Å². The molecule has 0 aliphatic carbocycles. The maximum atomic E-state index is 12.8. The fourth-order valence-corrected chi connectivity index (χ4v) is 3.43. The molecular formula is C23H23N3O2. The Labute approximate surface area is 165 Å². The number of pyridine rings is 1. The molecule has 1 aromatic heterocycles. The van der Waals surface area contributed by atoms with Crippen LogP contribution in [0, 0.1) is 6.92 Å². The Hall–Kier alpha value is -3.34. The topological polar surface area (TPSA) is 54.5 Å². The third-order valence-corrected chi connectivity index (χ3v) is 4.99. The molecule has 0 bridgehead atoms. The van der Waals surface area contributed by atoms with Gasteiger partial charge in [-0.25, -0.2) is 0 Å². The first-order valence-electron chi connectivity index (χ1n) is 9.54. The molecule has 142 valence electrons. The van der Waals surface area contributed by atoms with Crippen LogP contribution in [0.15, 0.2) is 67.0 Å². The fraction of sp³-hybridized carbons (Fsp3) is 0.217. The number of nitrogens with zero attached hydrogens (tertiary/aromatic N) is 2. The van der Waals surface area contributed by atoms with E-state index >= 15 is 0 Å². The van der Waals surface area contributed by atoms with E-state index < -0.39 is 0 Å². The number of nitrogens with one attached hydrogen (secondary N) is 1. The van der Waals surface area contributed by atoms with Gasteiger partial charge in [0.05, 0.1) is 6.20 Å². The van der Waals surface area contributed by atoms with E-state index in [0.29, 0.717) is 17.1 Å². The number of anilines is 2. The fourth-order valence-electron chi connectivity index (χ4n) is 3.43. The molecule has 4 rings (SSSR count). The first-order valence-corrected chi connectivity index (χ1v) is 9.54. The molecule has 0 unspecified atom stereocenters. The molecule has 3 aromatic rings. The number of rotatable bonds is 5. The van der Waals surface area contributed by atoms with E-state index in [1.807, 2.05) is 43.3 Å². The smallest absolute Gasteiger partial charge is 0.256 e. The SMILES string of the molecule is Cc1c(Oc2cccnc2)cccc1C(=O)Nc1ccc(N2CCCC2)cc1. The van der Waals surface area contributed by atoms with Gasteiger partial charge in [-0.2, -0.15) is 0 Å². The van der Waals surface area contributed by atoms with E-state index in [1.54, 1.807) is 18.5 Å². The summed E-state index contributed by atoms with van der Waals surface area (Å²) in [5.41, 5.74) is 3.37. The molecule has 1 aliphatic heterocycles. The zero-order valence-corrected chi connectivity index (χ0v) is 15.9. The highest BCUT2D eigenvalue weighted by Crippen LogP contribution is 2.27. The monoisotopic (exact) mass is 373 g/mol. The molecular weight excluding hydrogens is 350 g/mol. The van der Waals surface area contributed by atoms with Gasteiger partial charge >= 0.3 is 0 Å². The lowest BCUT2D eigenvalue weighted by Crippen LogP contribution is -2.17. The van der Waals surface area contributed by atoms with E-state index in [0.717, 1.165) is 24.3 Å². The lowest BCUT2D eigenvalue weighted by Gasteiger charge is -2.18. The first kappa shape index (κ1) is 18.0. The van der Waals surface area contributed by atoms with Gasteiger partial charge in [0.25, 0.3) is 5.91 Å². The van der Waals surface area contributed by atoms with Crippen LogP contribution in [0.5, 0.6) is 11.5 Å². The average Bonchev–Trinajstić information content (AvgIpc) is 3.26. The normalized spacial score (nSPS) is 13.4. The maximum absolute atomic E-state index is 12.8. The van der Waals surface area contributed by atoms with Crippen LogP contribution in [0.2, 0.25) is 0 Å². The second kappa shape index (κ2) is 8.13. The molecule has 0 spiro atoms. The van der Waals surface area contributed by atoms with E-state index in [1.165, 1.54) is 18.5 Å². The third-order valence-electron chi connectivity index (χ3n) is 4.99.